The second-order valence-corrected chi connectivity index (χ2v) is 8.38. The molecule has 39 heavy (non-hydrogen) atoms. The summed E-state index contributed by atoms with van der Waals surface area (Å²) < 4.78 is 51.5. The maximum absolute atomic E-state index is 12.5. The molecule has 0 atom stereocenters. The van der Waals surface area contributed by atoms with Crippen LogP contribution in [0.3, 0.4) is 0 Å². The van der Waals surface area contributed by atoms with Crippen LogP contribution >= 0.6 is 0 Å². The van der Waals surface area contributed by atoms with Crippen molar-refractivity contribution in [1.82, 2.24) is 14.1 Å². The Bertz CT molecular complexity index is 1800. The Morgan fingerprint density at radius 1 is 0.692 bits per heavy atom. The summed E-state index contributed by atoms with van der Waals surface area (Å²) in [6, 6.07) is 24.7. The van der Waals surface area contributed by atoms with E-state index in [-0.39, 0.29) is 0 Å². The van der Waals surface area contributed by atoms with Crippen molar-refractivity contribution in [2.45, 2.75) is 19.6 Å². The predicted molar refractivity (Wildman–Crippen MR) is 142 cm³/mol. The lowest BCUT2D eigenvalue weighted by molar-refractivity contribution is 0.0747. The molecule has 6 rings (SSSR count). The smallest absolute Gasteiger partial charge is 0.319 e. The molecule has 6 nitrogen and oxygen atoms in total. The number of hydrogen-bond acceptors (Lipinski definition) is 3. The Morgan fingerprint density at radius 3 is 1.79 bits per heavy atom. The van der Waals surface area contributed by atoms with Gasteiger partial charge in [0.15, 0.2) is 0 Å². The van der Waals surface area contributed by atoms with Gasteiger partial charge in [-0.2, -0.15) is 28.1 Å². The van der Waals surface area contributed by atoms with Gasteiger partial charge < -0.3 is 10.7 Å². The molecule has 0 radical (unpaired) electrons. The number of hydrogen-bond donors (Lipinski definition) is 2. The lowest BCUT2D eigenvalue weighted by Crippen LogP contribution is -1.97. The van der Waals surface area contributed by atoms with Gasteiger partial charge in [-0.1, -0.05) is 6.07 Å². The Morgan fingerprint density at radius 2 is 1.23 bits per heavy atom. The van der Waals surface area contributed by atoms with Crippen LogP contribution in [0.2, 0.25) is 0 Å². The number of nitrogens with two attached hydrogens (primary N) is 1. The Kier molecular flexibility index (Phi) is 8.30. The molecule has 3 aromatic carbocycles. The van der Waals surface area contributed by atoms with Gasteiger partial charge in [-0.25, -0.2) is 0 Å². The van der Waals surface area contributed by atoms with Gasteiger partial charge in [-0.05, 0) is 72.3 Å². The van der Waals surface area contributed by atoms with E-state index in [1.165, 1.54) is 24.5 Å². The van der Waals surface area contributed by atoms with E-state index in [4.69, 9.17) is 16.3 Å². The fourth-order valence-electron chi connectivity index (χ4n) is 4.04. The summed E-state index contributed by atoms with van der Waals surface area (Å²) in [6.07, 6.45) is 4.57. The van der Waals surface area contributed by atoms with E-state index >= 15 is 0 Å². The number of nitrogens with one attached hydrogen (secondary N) is 1. The number of nitriles is 2. The van der Waals surface area contributed by atoms with Crippen molar-refractivity contribution in [3.63, 3.8) is 0 Å². The number of alkyl halides is 4. The zero-order valence-corrected chi connectivity index (χ0v) is 20.4. The summed E-state index contributed by atoms with van der Waals surface area (Å²) in [5.74, 6) is 0. The molecule has 0 saturated carbocycles. The van der Waals surface area contributed by atoms with E-state index in [0.717, 1.165) is 31.0 Å². The Balaban J connectivity index is 0.000000137. The van der Waals surface area contributed by atoms with Gasteiger partial charge in [0, 0.05) is 46.8 Å². The standard InChI is InChI=1S/C10H10F2N2.C10H6F2N2.C9H6N2/c2*11-10(12)14-4-3-8-5-7(6-13)1-2-9(8)14;10-6-7-1-2-9-8(5-7)3-4-11-9/h1-5,10H,6,13H2;1-5,10H;1-5,11H. The number of aromatic amines is 1. The number of benzene rings is 3. The SMILES string of the molecule is N#Cc1ccc2[nH]ccc2c1.N#Cc1ccc2c(ccn2C(F)F)c1.NCc1ccc2c(ccn2C(F)F)c1. The molecule has 0 aliphatic carbocycles. The summed E-state index contributed by atoms with van der Waals surface area (Å²) >= 11 is 0. The van der Waals surface area contributed by atoms with E-state index in [1.807, 2.05) is 36.5 Å². The molecule has 0 unspecified atom stereocenters. The first-order valence-corrected chi connectivity index (χ1v) is 11.7. The molecule has 0 amide bonds. The van der Waals surface area contributed by atoms with Crippen LogP contribution in [0.15, 0.2) is 91.4 Å². The lowest BCUT2D eigenvalue weighted by Gasteiger charge is -2.03. The fraction of sp³-hybridized carbons (Fsp3) is 0.103. The summed E-state index contributed by atoms with van der Waals surface area (Å²) in [4.78, 5) is 3.06. The fourth-order valence-corrected chi connectivity index (χ4v) is 4.04. The zero-order valence-electron chi connectivity index (χ0n) is 20.4. The van der Waals surface area contributed by atoms with Crippen molar-refractivity contribution in [3.8, 4) is 12.1 Å². The normalized spacial score (nSPS) is 10.7. The average Bonchev–Trinajstić information content (AvgIpc) is 3.70. The number of H-pyrrole nitrogens is 1. The molecule has 10 heteroatoms. The van der Waals surface area contributed by atoms with E-state index in [2.05, 4.69) is 11.1 Å². The molecular weight excluding hydrogens is 508 g/mol. The monoisotopic (exact) mass is 530 g/mol. The van der Waals surface area contributed by atoms with E-state index < -0.39 is 13.1 Å². The highest BCUT2D eigenvalue weighted by atomic mass is 19.3. The molecule has 3 heterocycles. The highest BCUT2D eigenvalue weighted by molar-refractivity contribution is 5.82. The van der Waals surface area contributed by atoms with Gasteiger partial charge in [0.2, 0.25) is 0 Å². The first kappa shape index (κ1) is 27.0. The highest BCUT2D eigenvalue weighted by Crippen LogP contribution is 2.23. The van der Waals surface area contributed by atoms with Crippen molar-refractivity contribution < 1.29 is 17.6 Å². The van der Waals surface area contributed by atoms with Gasteiger partial charge in [0.1, 0.15) is 0 Å². The van der Waals surface area contributed by atoms with Crippen molar-refractivity contribution in [1.29, 1.82) is 10.5 Å². The maximum atomic E-state index is 12.5. The van der Waals surface area contributed by atoms with Gasteiger partial charge >= 0.3 is 13.1 Å². The largest absolute Gasteiger partial charge is 0.361 e. The third-order valence-electron chi connectivity index (χ3n) is 5.97. The topological polar surface area (TPSA) is 99.2 Å². The van der Waals surface area contributed by atoms with Crippen molar-refractivity contribution in [2.75, 3.05) is 0 Å². The summed E-state index contributed by atoms with van der Waals surface area (Å²) in [5, 5.41) is 19.7. The third kappa shape index (κ3) is 6.09. The van der Waals surface area contributed by atoms with Crippen LogP contribution in [-0.2, 0) is 6.54 Å². The van der Waals surface area contributed by atoms with Crippen LogP contribution in [-0.4, -0.2) is 14.1 Å². The van der Waals surface area contributed by atoms with Gasteiger partial charge in [0.05, 0.1) is 34.3 Å². The third-order valence-corrected chi connectivity index (χ3v) is 5.97. The number of aromatic nitrogens is 3. The van der Waals surface area contributed by atoms with E-state index in [9.17, 15) is 17.6 Å². The van der Waals surface area contributed by atoms with Gasteiger partial charge in [0.25, 0.3) is 0 Å². The predicted octanol–water partition coefficient (Wildman–Crippen LogP) is 7.44. The molecule has 0 aliphatic rings. The molecule has 0 bridgehead atoms. The molecular formula is C29H22F4N6. The Labute approximate surface area is 220 Å². The minimum absolute atomic E-state index is 0.426. The van der Waals surface area contributed by atoms with Crippen molar-refractivity contribution in [2.24, 2.45) is 5.73 Å². The van der Waals surface area contributed by atoms with E-state index in [1.54, 1.807) is 36.4 Å². The quantitative estimate of drug-likeness (QED) is 0.233. The molecule has 3 aromatic heterocycles. The second-order valence-electron chi connectivity index (χ2n) is 8.38. The summed E-state index contributed by atoms with van der Waals surface area (Å²) in [7, 11) is 0. The van der Waals surface area contributed by atoms with Crippen LogP contribution in [0, 0.1) is 22.7 Å². The van der Waals surface area contributed by atoms with Gasteiger partial charge in [-0.15, -0.1) is 0 Å². The molecule has 0 saturated heterocycles. The number of nitrogens with zero attached hydrogens (tertiary/aromatic N) is 4. The van der Waals surface area contributed by atoms with Crippen LogP contribution in [0.5, 0.6) is 0 Å². The molecule has 0 aliphatic heterocycles. The number of rotatable bonds is 3. The molecule has 196 valence electrons. The van der Waals surface area contributed by atoms with Crippen molar-refractivity contribution in [3.05, 3.63) is 108 Å². The molecule has 0 fully saturated rings. The van der Waals surface area contributed by atoms with Crippen LogP contribution in [0.4, 0.5) is 17.6 Å². The minimum atomic E-state index is -2.54. The second kappa shape index (κ2) is 12.0. The van der Waals surface area contributed by atoms with Crippen LogP contribution in [0.1, 0.15) is 29.8 Å². The minimum Gasteiger partial charge on any atom is -0.361 e. The molecule has 6 aromatic rings. The lowest BCUT2D eigenvalue weighted by atomic mass is 10.1. The first-order chi connectivity index (χ1) is 18.8. The molecule has 0 spiro atoms. The van der Waals surface area contributed by atoms with Crippen molar-refractivity contribution >= 4 is 32.7 Å². The number of halogens is 4. The maximum Gasteiger partial charge on any atom is 0.319 e. The van der Waals surface area contributed by atoms with Crippen LogP contribution in [0.25, 0.3) is 32.7 Å². The zero-order chi connectivity index (χ0) is 27.9. The summed E-state index contributed by atoms with van der Waals surface area (Å²) in [5.41, 5.74) is 9.64. The van der Waals surface area contributed by atoms with Gasteiger partial charge in [-0.3, -0.25) is 9.13 Å². The highest BCUT2D eigenvalue weighted by Gasteiger charge is 2.10. The summed E-state index contributed by atoms with van der Waals surface area (Å²) in [6.45, 7) is -4.60. The first-order valence-electron chi connectivity index (χ1n) is 11.7. The number of fused-ring (bicyclic) bond motifs is 3. The average molecular weight is 531 g/mol. The molecule has 3 N–H and O–H groups in total. The van der Waals surface area contributed by atoms with E-state index in [0.29, 0.717) is 34.1 Å². The Hall–Kier alpha value is -5.06. The van der Waals surface area contributed by atoms with Crippen LogP contribution < -0.4 is 5.73 Å².